The van der Waals surface area contributed by atoms with Crippen LogP contribution in [0.15, 0.2) is 36.4 Å². The van der Waals surface area contributed by atoms with Crippen molar-refractivity contribution < 1.29 is 9.95 Å². The van der Waals surface area contributed by atoms with Gasteiger partial charge in [0.2, 0.25) is 11.0 Å². The first-order valence-electron chi connectivity index (χ1n) is 8.92. The van der Waals surface area contributed by atoms with Crippen LogP contribution in [0.3, 0.4) is 0 Å². The number of fused-ring (bicyclic) bond motifs is 1. The molecule has 0 unspecified atom stereocenters. The largest absolute Gasteiger partial charge is 0.692 e. The van der Waals surface area contributed by atoms with Crippen molar-refractivity contribution in [3.05, 3.63) is 52.7 Å². The Bertz CT molecular complexity index is 960. The van der Waals surface area contributed by atoms with Crippen molar-refractivity contribution in [1.82, 2.24) is 9.90 Å². The summed E-state index contributed by atoms with van der Waals surface area (Å²) in [6.45, 7) is 12.8. The predicted octanol–water partition coefficient (Wildman–Crippen LogP) is 4.25. The van der Waals surface area contributed by atoms with E-state index in [2.05, 4.69) is 46.6 Å². The molecule has 0 atom stereocenters. The molecule has 1 aromatic heterocycles. The van der Waals surface area contributed by atoms with Crippen LogP contribution in [0.25, 0.3) is 16.7 Å². The third kappa shape index (κ3) is 3.39. The summed E-state index contributed by atoms with van der Waals surface area (Å²) in [5, 5.41) is 28.1. The number of aromatic nitrogens is 3. The first-order chi connectivity index (χ1) is 12.0. The molecule has 2 aromatic carbocycles. The lowest BCUT2D eigenvalue weighted by molar-refractivity contribution is -0.664. The van der Waals surface area contributed by atoms with Gasteiger partial charge in [0.25, 0.3) is 0 Å². The number of nitrogens with zero attached hydrogens (tertiary/aromatic N) is 3. The smallest absolute Gasteiger partial charge is 0.250 e. The maximum atomic E-state index is 12.7. The highest BCUT2D eigenvalue weighted by Gasteiger charge is 2.26. The molecular formula is C21H27N3O2. The number of hydrogen-bond acceptors (Lipinski definition) is 3. The van der Waals surface area contributed by atoms with Crippen LogP contribution >= 0.6 is 0 Å². The molecule has 0 bridgehead atoms. The first-order valence-corrected chi connectivity index (χ1v) is 8.92. The maximum Gasteiger partial charge on any atom is 0.250 e. The van der Waals surface area contributed by atoms with Crippen LogP contribution in [0, 0.1) is 10.6 Å². The third-order valence-corrected chi connectivity index (χ3v) is 4.43. The van der Waals surface area contributed by atoms with Gasteiger partial charge in [-0.05, 0) is 51.4 Å². The monoisotopic (exact) mass is 353 g/mol. The van der Waals surface area contributed by atoms with E-state index < -0.39 is 0 Å². The standard InChI is InChI=1S/C21H27N3O2/c1-20(2,3)13-14-11-15(21(4,5)6)12-18(19(14)25)23-22-16-9-7-8-10-17(16)24(23)26/h7-12,25H,13H2,1-6H3. The molecule has 3 rings (SSSR count). The fourth-order valence-electron chi connectivity index (χ4n) is 3.08. The van der Waals surface area contributed by atoms with Gasteiger partial charge in [-0.3, -0.25) is 0 Å². The zero-order chi connectivity index (χ0) is 19.3. The normalized spacial score (nSPS) is 12.7. The zero-order valence-electron chi connectivity index (χ0n) is 16.4. The second-order valence-electron chi connectivity index (χ2n) is 9.14. The highest BCUT2D eigenvalue weighted by atomic mass is 16.5. The van der Waals surface area contributed by atoms with Crippen molar-refractivity contribution in [2.45, 2.75) is 53.4 Å². The Morgan fingerprint density at radius 1 is 1.08 bits per heavy atom. The molecular weight excluding hydrogens is 326 g/mol. The summed E-state index contributed by atoms with van der Waals surface area (Å²) >= 11 is 0. The van der Waals surface area contributed by atoms with E-state index in [9.17, 15) is 10.3 Å². The molecule has 1 heterocycles. The fraction of sp³-hybridized carbons (Fsp3) is 0.429. The Hall–Kier alpha value is -2.56. The second-order valence-corrected chi connectivity index (χ2v) is 9.14. The zero-order valence-corrected chi connectivity index (χ0v) is 16.4. The van der Waals surface area contributed by atoms with Crippen molar-refractivity contribution in [3.8, 4) is 11.4 Å². The van der Waals surface area contributed by atoms with E-state index in [1.165, 1.54) is 4.80 Å². The molecule has 26 heavy (non-hydrogen) atoms. The summed E-state index contributed by atoms with van der Waals surface area (Å²) in [4.78, 5) is 1.99. The quantitative estimate of drug-likeness (QED) is 0.553. The summed E-state index contributed by atoms with van der Waals surface area (Å²) in [6, 6.07) is 11.1. The molecule has 0 radical (unpaired) electrons. The lowest BCUT2D eigenvalue weighted by Gasteiger charge is -2.24. The van der Waals surface area contributed by atoms with Crippen LogP contribution < -0.4 is 4.85 Å². The molecule has 0 saturated heterocycles. The summed E-state index contributed by atoms with van der Waals surface area (Å²) in [6.07, 6.45) is 0.704. The van der Waals surface area contributed by atoms with E-state index in [0.717, 1.165) is 16.0 Å². The Morgan fingerprint density at radius 2 is 1.73 bits per heavy atom. The van der Waals surface area contributed by atoms with E-state index in [-0.39, 0.29) is 16.6 Å². The minimum Gasteiger partial charge on any atom is -0.692 e. The third-order valence-electron chi connectivity index (χ3n) is 4.43. The average Bonchev–Trinajstić information content (AvgIpc) is 2.84. The van der Waals surface area contributed by atoms with E-state index in [1.54, 1.807) is 18.2 Å². The van der Waals surface area contributed by atoms with Gasteiger partial charge in [-0.1, -0.05) is 59.7 Å². The van der Waals surface area contributed by atoms with Gasteiger partial charge in [-0.2, -0.15) is 0 Å². The van der Waals surface area contributed by atoms with Crippen molar-refractivity contribution in [1.29, 1.82) is 0 Å². The minimum absolute atomic E-state index is 0.00747. The van der Waals surface area contributed by atoms with E-state index in [0.29, 0.717) is 23.1 Å². The van der Waals surface area contributed by atoms with Gasteiger partial charge in [0.1, 0.15) is 5.75 Å². The molecule has 3 aromatic rings. The van der Waals surface area contributed by atoms with Crippen molar-refractivity contribution in [2.75, 3.05) is 0 Å². The Morgan fingerprint density at radius 3 is 2.31 bits per heavy atom. The first kappa shape index (κ1) is 18.2. The van der Waals surface area contributed by atoms with Gasteiger partial charge in [0, 0.05) is 0 Å². The van der Waals surface area contributed by atoms with Gasteiger partial charge in [-0.15, -0.1) is 4.85 Å². The van der Waals surface area contributed by atoms with Gasteiger partial charge in [0.15, 0.2) is 5.69 Å². The van der Waals surface area contributed by atoms with Crippen molar-refractivity contribution in [2.24, 2.45) is 5.41 Å². The fourth-order valence-corrected chi connectivity index (χ4v) is 3.08. The van der Waals surface area contributed by atoms with Gasteiger partial charge in [0.05, 0.1) is 5.10 Å². The number of hydrogen-bond donors (Lipinski definition) is 1. The number of para-hydroxylation sites is 1. The summed E-state index contributed by atoms with van der Waals surface area (Å²) in [5.74, 6) is 0.116. The molecule has 0 aliphatic rings. The Balaban J connectivity index is 2.28. The number of phenols is 1. The van der Waals surface area contributed by atoms with Gasteiger partial charge < -0.3 is 10.3 Å². The molecule has 5 nitrogen and oxygen atoms in total. The number of rotatable bonds is 2. The Labute approximate surface area is 154 Å². The molecule has 138 valence electrons. The number of phenolic OH excluding ortho intramolecular Hbond substituents is 1. The van der Waals surface area contributed by atoms with Gasteiger partial charge >= 0.3 is 0 Å². The molecule has 0 aliphatic carbocycles. The molecule has 0 amide bonds. The van der Waals surface area contributed by atoms with Crippen molar-refractivity contribution in [3.63, 3.8) is 0 Å². The molecule has 5 heteroatoms. The average molecular weight is 353 g/mol. The van der Waals surface area contributed by atoms with Crippen LogP contribution in [0.4, 0.5) is 0 Å². The number of benzene rings is 2. The predicted molar refractivity (Wildman–Crippen MR) is 104 cm³/mol. The van der Waals surface area contributed by atoms with Crippen LogP contribution in [-0.4, -0.2) is 15.0 Å². The maximum absolute atomic E-state index is 12.7. The summed E-state index contributed by atoms with van der Waals surface area (Å²) in [7, 11) is 0. The minimum atomic E-state index is -0.116. The van der Waals surface area contributed by atoms with Crippen LogP contribution in [0.5, 0.6) is 5.75 Å². The molecule has 0 aliphatic heterocycles. The van der Waals surface area contributed by atoms with Crippen LogP contribution in [0.1, 0.15) is 52.7 Å². The molecule has 0 spiro atoms. The number of aromatic hydroxyl groups is 1. The van der Waals surface area contributed by atoms with E-state index >= 15 is 0 Å². The SMILES string of the molecule is CC(C)(C)Cc1cc(C(C)(C)C)cc(-n2nc3ccccc3[n+]2[O-])c1O. The summed E-state index contributed by atoms with van der Waals surface area (Å²) < 4.78 is 0. The highest BCUT2D eigenvalue weighted by Crippen LogP contribution is 2.36. The summed E-state index contributed by atoms with van der Waals surface area (Å²) in [5.41, 5.74) is 3.28. The van der Waals surface area contributed by atoms with Crippen molar-refractivity contribution >= 4 is 11.0 Å². The van der Waals surface area contributed by atoms with E-state index in [4.69, 9.17) is 0 Å². The van der Waals surface area contributed by atoms with Crippen LogP contribution in [0.2, 0.25) is 0 Å². The molecule has 1 N–H and O–H groups in total. The Kier molecular flexibility index (Phi) is 4.21. The van der Waals surface area contributed by atoms with E-state index in [1.807, 2.05) is 18.2 Å². The molecule has 0 saturated carbocycles. The molecule has 0 fully saturated rings. The second kappa shape index (κ2) is 6.01. The topological polar surface area (TPSA) is 65.0 Å². The lowest BCUT2D eigenvalue weighted by atomic mass is 9.82. The van der Waals surface area contributed by atoms with Crippen LogP contribution in [-0.2, 0) is 11.8 Å². The highest BCUT2D eigenvalue weighted by molar-refractivity contribution is 5.70. The van der Waals surface area contributed by atoms with Gasteiger partial charge in [-0.25, -0.2) is 0 Å². The lowest BCUT2D eigenvalue weighted by Crippen LogP contribution is -2.37.